The maximum Gasteiger partial charge on any atom is 0.490 e. The van der Waals surface area contributed by atoms with E-state index >= 15 is 0 Å². The molecule has 2 amide bonds. The molecule has 0 spiro atoms. The number of nitrogens with zero attached hydrogens (tertiary/aromatic N) is 6. The third-order valence-electron chi connectivity index (χ3n) is 5.62. The summed E-state index contributed by atoms with van der Waals surface area (Å²) in [6.45, 7) is -0.680. The van der Waals surface area contributed by atoms with Gasteiger partial charge in [-0.05, 0) is 42.3 Å². The molecule has 0 aliphatic carbocycles. The molecule has 0 saturated heterocycles. The van der Waals surface area contributed by atoms with Crippen molar-refractivity contribution in [3.05, 3.63) is 89.6 Å². The second kappa shape index (κ2) is 10.6. The number of hydrazone groups is 1. The van der Waals surface area contributed by atoms with Crippen LogP contribution in [-0.4, -0.2) is 49.0 Å². The number of imidazole rings is 1. The Morgan fingerprint density at radius 2 is 1.95 bits per heavy atom. The third kappa shape index (κ3) is 5.69. The van der Waals surface area contributed by atoms with Gasteiger partial charge in [-0.25, -0.2) is 24.1 Å². The van der Waals surface area contributed by atoms with Gasteiger partial charge in [0.05, 0.1) is 11.9 Å². The summed E-state index contributed by atoms with van der Waals surface area (Å²) in [5.41, 5.74) is 2.36. The van der Waals surface area contributed by atoms with Crippen molar-refractivity contribution in [2.24, 2.45) is 5.10 Å². The van der Waals surface area contributed by atoms with Crippen LogP contribution >= 0.6 is 0 Å². The molecule has 3 aromatic heterocycles. The average Bonchev–Trinajstić information content (AvgIpc) is 3.59. The van der Waals surface area contributed by atoms with Gasteiger partial charge in [-0.2, -0.15) is 23.4 Å². The van der Waals surface area contributed by atoms with Gasteiger partial charge >= 0.3 is 18.2 Å². The van der Waals surface area contributed by atoms with Gasteiger partial charge in [-0.15, -0.1) is 0 Å². The highest BCUT2D eigenvalue weighted by atomic mass is 19.4. The van der Waals surface area contributed by atoms with Crippen molar-refractivity contribution < 1.29 is 27.5 Å². The Bertz CT molecular complexity index is 1620. The van der Waals surface area contributed by atoms with E-state index in [1.807, 2.05) is 6.07 Å². The summed E-state index contributed by atoms with van der Waals surface area (Å²) in [5.74, 6) is 3.41. The number of pyridine rings is 1. The van der Waals surface area contributed by atoms with Crippen LogP contribution in [0.1, 0.15) is 35.0 Å². The number of hydrogen-bond donors (Lipinski definition) is 1. The highest BCUT2D eigenvalue weighted by molar-refractivity contribution is 5.91. The normalized spacial score (nSPS) is 14.6. The van der Waals surface area contributed by atoms with Gasteiger partial charge in [-0.3, -0.25) is 4.98 Å². The lowest BCUT2D eigenvalue weighted by molar-refractivity contribution is -0.201. The second-order valence-corrected chi connectivity index (χ2v) is 8.21. The summed E-state index contributed by atoms with van der Waals surface area (Å²) in [6.07, 6.45) is 1.63. The molecule has 1 aliphatic heterocycles. The number of alkyl halides is 3. The van der Waals surface area contributed by atoms with E-state index in [-0.39, 0.29) is 11.1 Å². The quantitative estimate of drug-likeness (QED) is 0.312. The van der Waals surface area contributed by atoms with Gasteiger partial charge in [-0.1, -0.05) is 18.1 Å². The Morgan fingerprint density at radius 3 is 2.74 bits per heavy atom. The molecule has 4 heterocycles. The number of halogens is 3. The lowest BCUT2D eigenvalue weighted by Crippen LogP contribution is -2.31. The minimum atomic E-state index is -5.14. The SMILES string of the molecule is O=C(Nc1ccc(COC(=O)C(F)(F)F)c(C#Cc2cnc3cccnn23)c1)N1N=CCC1c1ccccn1. The minimum Gasteiger partial charge on any atom is -0.454 e. The Balaban J connectivity index is 1.41. The van der Waals surface area contributed by atoms with Crippen molar-refractivity contribution in [2.75, 3.05) is 5.32 Å². The van der Waals surface area contributed by atoms with E-state index in [4.69, 9.17) is 0 Å². The number of fused-ring (bicyclic) bond motifs is 1. The number of amides is 2. The van der Waals surface area contributed by atoms with Crippen LogP contribution < -0.4 is 5.32 Å². The van der Waals surface area contributed by atoms with Gasteiger partial charge in [0.25, 0.3) is 0 Å². The Kier molecular flexibility index (Phi) is 6.92. The van der Waals surface area contributed by atoms with Crippen molar-refractivity contribution in [1.29, 1.82) is 0 Å². The number of aromatic nitrogens is 4. The molecule has 39 heavy (non-hydrogen) atoms. The molecule has 5 rings (SSSR count). The second-order valence-electron chi connectivity index (χ2n) is 8.21. The first kappa shape index (κ1) is 25.4. The number of urea groups is 1. The van der Waals surface area contributed by atoms with Crippen LogP contribution in [-0.2, 0) is 16.1 Å². The molecule has 4 aromatic rings. The molecule has 0 bridgehead atoms. The molecule has 1 unspecified atom stereocenters. The van der Waals surface area contributed by atoms with Gasteiger partial charge in [0.2, 0.25) is 0 Å². The summed E-state index contributed by atoms with van der Waals surface area (Å²) in [6, 6.07) is 12.2. The van der Waals surface area contributed by atoms with Crippen LogP contribution in [0.25, 0.3) is 5.65 Å². The fraction of sp³-hybridized carbons (Fsp3) is 0.154. The molecule has 0 fully saturated rings. The lowest BCUT2D eigenvalue weighted by atomic mass is 10.1. The molecule has 1 atom stereocenters. The zero-order valence-electron chi connectivity index (χ0n) is 20.0. The number of esters is 1. The maximum absolute atomic E-state index is 13.0. The first-order chi connectivity index (χ1) is 18.8. The van der Waals surface area contributed by atoms with Gasteiger partial charge in [0.15, 0.2) is 5.65 Å². The monoisotopic (exact) mass is 533 g/mol. The molecule has 1 N–H and O–H groups in total. The highest BCUT2D eigenvalue weighted by Crippen LogP contribution is 2.28. The van der Waals surface area contributed by atoms with Crippen molar-refractivity contribution >= 4 is 29.5 Å². The van der Waals surface area contributed by atoms with E-state index in [2.05, 4.69) is 42.1 Å². The number of carbonyl (C=O) groups is 2. The van der Waals surface area contributed by atoms with Gasteiger partial charge in [0.1, 0.15) is 18.3 Å². The van der Waals surface area contributed by atoms with Crippen LogP contribution in [0, 0.1) is 11.8 Å². The zero-order chi connectivity index (χ0) is 27.4. The fourth-order valence-corrected chi connectivity index (χ4v) is 3.78. The van der Waals surface area contributed by atoms with Crippen LogP contribution in [0.5, 0.6) is 0 Å². The zero-order valence-corrected chi connectivity index (χ0v) is 20.0. The number of carbonyl (C=O) groups excluding carboxylic acids is 2. The third-order valence-corrected chi connectivity index (χ3v) is 5.62. The van der Waals surface area contributed by atoms with Gasteiger partial charge in [0, 0.05) is 41.8 Å². The molecule has 1 aliphatic rings. The number of benzene rings is 1. The lowest BCUT2D eigenvalue weighted by Gasteiger charge is -2.22. The van der Waals surface area contributed by atoms with E-state index in [1.165, 1.54) is 33.9 Å². The standard InChI is InChI=1S/C26H18F3N7O3/c27-26(28,29)24(37)39-16-18-6-8-19(14-17(18)7-9-20-15-31-23-5-3-12-32-35(20)23)34-25(38)36-22(10-13-33-36)21-4-1-2-11-30-21/h1-6,8,11-15,22H,10,16H2,(H,34,38). The smallest absolute Gasteiger partial charge is 0.454 e. The van der Waals surface area contributed by atoms with E-state index in [9.17, 15) is 22.8 Å². The summed E-state index contributed by atoms with van der Waals surface area (Å²) < 4.78 is 43.9. The Labute approximate surface area is 219 Å². The van der Waals surface area contributed by atoms with Crippen molar-refractivity contribution in [3.8, 4) is 11.8 Å². The van der Waals surface area contributed by atoms with Crippen LogP contribution in [0.2, 0.25) is 0 Å². The minimum absolute atomic E-state index is 0.199. The predicted molar refractivity (Wildman–Crippen MR) is 132 cm³/mol. The summed E-state index contributed by atoms with van der Waals surface area (Å²) in [4.78, 5) is 32.8. The van der Waals surface area contributed by atoms with Crippen molar-refractivity contribution in [3.63, 3.8) is 0 Å². The van der Waals surface area contributed by atoms with Gasteiger partial charge < -0.3 is 10.1 Å². The van der Waals surface area contributed by atoms with E-state index in [0.717, 1.165) is 0 Å². The fourth-order valence-electron chi connectivity index (χ4n) is 3.78. The molecule has 0 saturated carbocycles. The average molecular weight is 533 g/mol. The highest BCUT2D eigenvalue weighted by Gasteiger charge is 2.41. The Hall–Kier alpha value is -5.25. The number of ether oxygens (including phenoxy) is 1. The first-order valence-electron chi connectivity index (χ1n) is 11.5. The number of anilines is 1. The number of hydrogen-bond acceptors (Lipinski definition) is 7. The molecular formula is C26H18F3N7O3. The molecular weight excluding hydrogens is 515 g/mol. The predicted octanol–water partition coefficient (Wildman–Crippen LogP) is 4.09. The maximum atomic E-state index is 13.0. The van der Waals surface area contributed by atoms with Crippen LogP contribution in [0.15, 0.2) is 72.2 Å². The van der Waals surface area contributed by atoms with E-state index in [1.54, 1.807) is 42.9 Å². The number of rotatable bonds is 4. The Morgan fingerprint density at radius 1 is 1.08 bits per heavy atom. The van der Waals surface area contributed by atoms with Crippen molar-refractivity contribution in [1.82, 2.24) is 24.6 Å². The number of nitrogens with one attached hydrogen (secondary N) is 1. The summed E-state index contributed by atoms with van der Waals surface area (Å²) >= 11 is 0. The van der Waals surface area contributed by atoms with Crippen LogP contribution in [0.3, 0.4) is 0 Å². The molecule has 13 heteroatoms. The molecule has 10 nitrogen and oxygen atoms in total. The first-order valence-corrected chi connectivity index (χ1v) is 11.5. The van der Waals surface area contributed by atoms with E-state index < -0.39 is 30.8 Å². The van der Waals surface area contributed by atoms with Crippen molar-refractivity contribution in [2.45, 2.75) is 25.2 Å². The molecule has 196 valence electrons. The van der Waals surface area contributed by atoms with Crippen LogP contribution in [0.4, 0.5) is 23.7 Å². The molecule has 0 radical (unpaired) electrons. The largest absolute Gasteiger partial charge is 0.490 e. The van der Waals surface area contributed by atoms with E-state index in [0.29, 0.717) is 29.1 Å². The summed E-state index contributed by atoms with van der Waals surface area (Å²) in [5, 5.41) is 12.3. The summed E-state index contributed by atoms with van der Waals surface area (Å²) in [7, 11) is 0. The molecule has 1 aromatic carbocycles. The topological polar surface area (TPSA) is 114 Å².